The largest absolute Gasteiger partial charge is 0.355 e. The van der Waals surface area contributed by atoms with Gasteiger partial charge in [-0.1, -0.05) is 0 Å². The van der Waals surface area contributed by atoms with Gasteiger partial charge >= 0.3 is 0 Å². The normalized spacial score (nSPS) is 36.2. The minimum absolute atomic E-state index is 0.183. The van der Waals surface area contributed by atoms with E-state index < -0.39 is 10.8 Å². The topological polar surface area (TPSA) is 46.2 Å². The van der Waals surface area contributed by atoms with Crippen LogP contribution in [0.3, 0.4) is 0 Å². The Balaban J connectivity index is 1.66. The molecule has 0 aliphatic heterocycles. The van der Waals surface area contributed by atoms with Crippen molar-refractivity contribution in [3.63, 3.8) is 0 Å². The van der Waals surface area contributed by atoms with E-state index in [9.17, 15) is 9.00 Å². The van der Waals surface area contributed by atoms with Crippen LogP contribution in [-0.2, 0) is 15.6 Å². The molecule has 2 saturated carbocycles. The Morgan fingerprint density at radius 1 is 1.36 bits per heavy atom. The molecule has 2 rings (SSSR count). The molecule has 0 aromatic rings. The van der Waals surface area contributed by atoms with E-state index in [1.54, 1.807) is 6.26 Å². The van der Waals surface area contributed by atoms with E-state index in [0.29, 0.717) is 12.3 Å². The van der Waals surface area contributed by atoms with Gasteiger partial charge < -0.3 is 5.32 Å². The van der Waals surface area contributed by atoms with Crippen LogP contribution in [0.25, 0.3) is 0 Å². The molecule has 0 heterocycles. The maximum Gasteiger partial charge on any atom is 0.223 e. The Kier molecular flexibility index (Phi) is 2.91. The molecule has 80 valence electrons. The lowest BCUT2D eigenvalue weighted by atomic mass is 10.0. The van der Waals surface area contributed by atoms with Crippen molar-refractivity contribution in [1.29, 1.82) is 0 Å². The van der Waals surface area contributed by atoms with E-state index in [-0.39, 0.29) is 11.8 Å². The van der Waals surface area contributed by atoms with Crippen LogP contribution in [0.2, 0.25) is 0 Å². The number of hydrogen-bond donors (Lipinski definition) is 1. The summed E-state index contributed by atoms with van der Waals surface area (Å²) in [5.41, 5.74) is 0. The Bertz CT molecular complexity index is 257. The summed E-state index contributed by atoms with van der Waals surface area (Å²) >= 11 is 0. The lowest BCUT2D eigenvalue weighted by Crippen LogP contribution is -2.32. The van der Waals surface area contributed by atoms with Crippen molar-refractivity contribution in [1.82, 2.24) is 5.32 Å². The molecule has 3 atom stereocenters. The minimum Gasteiger partial charge on any atom is -0.355 e. The molecule has 0 bridgehead atoms. The SMILES string of the molecule is CS(=O)CCNC(=O)C1CC2CC2C1. The van der Waals surface area contributed by atoms with Crippen LogP contribution in [0.1, 0.15) is 19.3 Å². The van der Waals surface area contributed by atoms with Crippen molar-refractivity contribution in [3.8, 4) is 0 Å². The van der Waals surface area contributed by atoms with Gasteiger partial charge in [0.15, 0.2) is 0 Å². The highest BCUT2D eigenvalue weighted by Crippen LogP contribution is 2.54. The summed E-state index contributed by atoms with van der Waals surface area (Å²) in [5, 5.41) is 2.87. The van der Waals surface area contributed by atoms with Gasteiger partial charge in [0.1, 0.15) is 0 Å². The fraction of sp³-hybridized carbons (Fsp3) is 0.900. The second kappa shape index (κ2) is 4.01. The van der Waals surface area contributed by atoms with Crippen molar-refractivity contribution in [3.05, 3.63) is 0 Å². The highest BCUT2D eigenvalue weighted by molar-refractivity contribution is 7.84. The van der Waals surface area contributed by atoms with Crippen molar-refractivity contribution < 1.29 is 9.00 Å². The van der Waals surface area contributed by atoms with Gasteiger partial charge in [0.25, 0.3) is 0 Å². The fourth-order valence-corrected chi connectivity index (χ4v) is 2.78. The zero-order chi connectivity index (χ0) is 10.1. The smallest absolute Gasteiger partial charge is 0.223 e. The van der Waals surface area contributed by atoms with Crippen molar-refractivity contribution in [2.75, 3.05) is 18.6 Å². The number of fused-ring (bicyclic) bond motifs is 1. The summed E-state index contributed by atoms with van der Waals surface area (Å²) in [4.78, 5) is 11.6. The molecule has 4 heteroatoms. The number of carbonyl (C=O) groups is 1. The van der Waals surface area contributed by atoms with Crippen molar-refractivity contribution in [2.45, 2.75) is 19.3 Å². The molecular formula is C10H17NO2S. The molecule has 1 amide bonds. The molecule has 1 N–H and O–H groups in total. The number of hydrogen-bond acceptors (Lipinski definition) is 2. The van der Waals surface area contributed by atoms with Crippen LogP contribution < -0.4 is 5.32 Å². The molecule has 2 aliphatic carbocycles. The number of nitrogens with one attached hydrogen (secondary N) is 1. The van der Waals surface area contributed by atoms with E-state index in [4.69, 9.17) is 0 Å². The molecular weight excluding hydrogens is 198 g/mol. The molecule has 0 aromatic heterocycles. The first-order valence-corrected chi connectivity index (χ1v) is 6.97. The molecule has 0 spiro atoms. The van der Waals surface area contributed by atoms with Crippen LogP contribution in [0.5, 0.6) is 0 Å². The minimum atomic E-state index is -0.796. The standard InChI is InChI=1S/C10H17NO2S/c1-14(13)3-2-11-10(12)9-5-7-4-8(7)6-9/h7-9H,2-6H2,1H3,(H,11,12). The second-order valence-corrected chi connectivity index (χ2v) is 6.05. The average molecular weight is 215 g/mol. The van der Waals surface area contributed by atoms with E-state index in [2.05, 4.69) is 5.32 Å². The van der Waals surface area contributed by atoms with E-state index in [1.165, 1.54) is 6.42 Å². The quantitative estimate of drug-likeness (QED) is 0.743. The summed E-state index contributed by atoms with van der Waals surface area (Å²) in [6.45, 7) is 0.563. The molecule has 0 saturated heterocycles. The van der Waals surface area contributed by atoms with Gasteiger partial charge in [0.2, 0.25) is 5.91 Å². The van der Waals surface area contributed by atoms with Gasteiger partial charge in [-0.15, -0.1) is 0 Å². The molecule has 0 aromatic carbocycles. The molecule has 3 unspecified atom stereocenters. The third-order valence-electron chi connectivity index (χ3n) is 3.30. The van der Waals surface area contributed by atoms with Gasteiger partial charge in [0.05, 0.1) is 0 Å². The summed E-state index contributed by atoms with van der Waals surface area (Å²) < 4.78 is 10.8. The number of rotatable bonds is 4. The maximum absolute atomic E-state index is 11.6. The maximum atomic E-state index is 11.6. The predicted octanol–water partition coefficient (Wildman–Crippen LogP) is 0.527. The summed E-state index contributed by atoms with van der Waals surface area (Å²) in [5.74, 6) is 2.72. The lowest BCUT2D eigenvalue weighted by Gasteiger charge is -2.11. The van der Waals surface area contributed by atoms with Gasteiger partial charge in [-0.25, -0.2) is 0 Å². The third-order valence-corrected chi connectivity index (χ3v) is 4.08. The second-order valence-electron chi connectivity index (χ2n) is 4.49. The Labute approximate surface area is 87.1 Å². The van der Waals surface area contributed by atoms with Gasteiger partial charge in [0, 0.05) is 35.3 Å². The highest BCUT2D eigenvalue weighted by Gasteiger charge is 2.47. The zero-order valence-corrected chi connectivity index (χ0v) is 9.31. The van der Waals surface area contributed by atoms with Crippen LogP contribution >= 0.6 is 0 Å². The first-order chi connectivity index (χ1) is 6.66. The predicted molar refractivity (Wildman–Crippen MR) is 56.3 cm³/mol. The lowest BCUT2D eigenvalue weighted by molar-refractivity contribution is -0.124. The monoisotopic (exact) mass is 215 g/mol. The van der Waals surface area contributed by atoms with Crippen LogP contribution in [0.4, 0.5) is 0 Å². The summed E-state index contributed by atoms with van der Waals surface area (Å²) in [7, 11) is -0.796. The van der Waals surface area contributed by atoms with Crippen molar-refractivity contribution in [2.24, 2.45) is 17.8 Å². The zero-order valence-electron chi connectivity index (χ0n) is 8.49. The summed E-state index contributed by atoms with van der Waals surface area (Å²) in [6.07, 6.45) is 5.19. The fourth-order valence-electron chi connectivity index (χ4n) is 2.39. The van der Waals surface area contributed by atoms with E-state index >= 15 is 0 Å². The Hall–Kier alpha value is -0.380. The van der Waals surface area contributed by atoms with Crippen LogP contribution in [0.15, 0.2) is 0 Å². The molecule has 2 fully saturated rings. The number of carbonyl (C=O) groups excluding carboxylic acids is 1. The Morgan fingerprint density at radius 2 is 2.00 bits per heavy atom. The highest BCUT2D eigenvalue weighted by atomic mass is 32.2. The van der Waals surface area contributed by atoms with Gasteiger partial charge in [-0.2, -0.15) is 0 Å². The summed E-state index contributed by atoms with van der Waals surface area (Å²) in [6, 6.07) is 0. The van der Waals surface area contributed by atoms with E-state index in [0.717, 1.165) is 24.7 Å². The van der Waals surface area contributed by atoms with Crippen LogP contribution in [0, 0.1) is 17.8 Å². The molecule has 3 nitrogen and oxygen atoms in total. The molecule has 14 heavy (non-hydrogen) atoms. The molecule has 0 radical (unpaired) electrons. The third kappa shape index (κ3) is 2.35. The van der Waals surface area contributed by atoms with E-state index in [1.807, 2.05) is 0 Å². The van der Waals surface area contributed by atoms with Crippen LogP contribution in [-0.4, -0.2) is 28.7 Å². The number of amides is 1. The first-order valence-electron chi connectivity index (χ1n) is 5.24. The average Bonchev–Trinajstić information content (AvgIpc) is 2.73. The molecule has 2 aliphatic rings. The van der Waals surface area contributed by atoms with Gasteiger partial charge in [-0.05, 0) is 31.1 Å². The van der Waals surface area contributed by atoms with Gasteiger partial charge in [-0.3, -0.25) is 9.00 Å². The Morgan fingerprint density at radius 3 is 2.57 bits per heavy atom. The first kappa shape index (κ1) is 10.1. The van der Waals surface area contributed by atoms with Crippen molar-refractivity contribution >= 4 is 16.7 Å².